The first-order valence-corrected chi connectivity index (χ1v) is 14.3. The quantitative estimate of drug-likeness (QED) is 0.269. The Bertz CT molecular complexity index is 1480. The summed E-state index contributed by atoms with van der Waals surface area (Å²) in [6.45, 7) is 0.467. The van der Waals surface area contributed by atoms with E-state index in [0.29, 0.717) is 11.5 Å². The molecule has 0 aliphatic heterocycles. The number of hydrogen-bond donors (Lipinski definition) is 2. The normalized spacial score (nSPS) is 11.9. The predicted octanol–water partition coefficient (Wildman–Crippen LogP) is 4.78. The number of benzene rings is 4. The van der Waals surface area contributed by atoms with Crippen molar-refractivity contribution >= 4 is 19.7 Å². The van der Waals surface area contributed by atoms with Gasteiger partial charge in [0.25, 0.3) is 0 Å². The number of phenols is 2. The van der Waals surface area contributed by atoms with Crippen molar-refractivity contribution in [2.75, 3.05) is 13.2 Å². The summed E-state index contributed by atoms with van der Waals surface area (Å²) in [5.41, 5.74) is 0. The van der Waals surface area contributed by atoms with Crippen LogP contribution in [0.15, 0.2) is 129 Å². The summed E-state index contributed by atoms with van der Waals surface area (Å²) in [6, 6.07) is 22.7. The molecule has 38 heavy (non-hydrogen) atoms. The standard InChI is InChI=1S/C28H24O8S2/c29-21-3-11-25(12-4-21)37(31,32)27-15-7-23(8-16-27)35-19-1-2-20-36-24-9-17-28(18-10-24)38(33,34)26-13-5-22(30)6-14-26/h1-18,29-30H,19-20H2. The fraction of sp³-hybridized carbons (Fsp3) is 0.0714. The zero-order valence-corrected chi connectivity index (χ0v) is 21.6. The van der Waals surface area contributed by atoms with E-state index >= 15 is 0 Å². The molecule has 4 rings (SSSR count). The maximum atomic E-state index is 12.7. The average molecular weight is 553 g/mol. The Balaban J connectivity index is 1.25. The Morgan fingerprint density at radius 1 is 0.474 bits per heavy atom. The van der Waals surface area contributed by atoms with Gasteiger partial charge in [-0.15, -0.1) is 0 Å². The molecule has 0 atom stereocenters. The lowest BCUT2D eigenvalue weighted by molar-refractivity contribution is 0.350. The van der Waals surface area contributed by atoms with Gasteiger partial charge in [-0.25, -0.2) is 16.8 Å². The molecule has 0 aromatic heterocycles. The summed E-state index contributed by atoms with van der Waals surface area (Å²) in [4.78, 5) is 0.392. The topological polar surface area (TPSA) is 127 Å². The van der Waals surface area contributed by atoms with Gasteiger partial charge in [-0.3, -0.25) is 0 Å². The third-order valence-corrected chi connectivity index (χ3v) is 8.99. The molecule has 4 aromatic rings. The predicted molar refractivity (Wildman–Crippen MR) is 140 cm³/mol. The van der Waals surface area contributed by atoms with E-state index in [9.17, 15) is 27.0 Å². The summed E-state index contributed by atoms with van der Waals surface area (Å²) in [5, 5.41) is 18.7. The van der Waals surface area contributed by atoms with Gasteiger partial charge in [-0.2, -0.15) is 0 Å². The second kappa shape index (κ2) is 11.4. The Labute approximate surface area is 220 Å². The van der Waals surface area contributed by atoms with Gasteiger partial charge in [0.1, 0.15) is 36.2 Å². The van der Waals surface area contributed by atoms with Gasteiger partial charge in [0.2, 0.25) is 19.7 Å². The van der Waals surface area contributed by atoms with E-state index in [1.165, 1.54) is 72.8 Å². The van der Waals surface area contributed by atoms with Crippen LogP contribution < -0.4 is 9.47 Å². The maximum Gasteiger partial charge on any atom is 0.206 e. The molecule has 0 heterocycles. The summed E-state index contributed by atoms with van der Waals surface area (Å²) in [6.07, 6.45) is 3.48. The Morgan fingerprint density at radius 3 is 1.03 bits per heavy atom. The highest BCUT2D eigenvalue weighted by Crippen LogP contribution is 2.26. The molecule has 0 amide bonds. The molecule has 0 aliphatic rings. The largest absolute Gasteiger partial charge is 0.508 e. The van der Waals surface area contributed by atoms with Gasteiger partial charge in [0, 0.05) is 0 Å². The van der Waals surface area contributed by atoms with Crippen LogP contribution in [0.3, 0.4) is 0 Å². The molecule has 0 fully saturated rings. The second-order valence-electron chi connectivity index (χ2n) is 8.03. The first kappa shape index (κ1) is 26.8. The van der Waals surface area contributed by atoms with Crippen LogP contribution in [0.25, 0.3) is 0 Å². The lowest BCUT2D eigenvalue weighted by atomic mass is 10.3. The Morgan fingerprint density at radius 2 is 0.737 bits per heavy atom. The van der Waals surface area contributed by atoms with Crippen molar-refractivity contribution in [2.45, 2.75) is 19.6 Å². The molecule has 4 aromatic carbocycles. The fourth-order valence-corrected chi connectivity index (χ4v) is 5.90. The van der Waals surface area contributed by atoms with Gasteiger partial charge in [0.05, 0.1) is 19.6 Å². The van der Waals surface area contributed by atoms with E-state index in [-0.39, 0.29) is 44.3 Å². The van der Waals surface area contributed by atoms with E-state index < -0.39 is 19.7 Å². The second-order valence-corrected chi connectivity index (χ2v) is 11.9. The van der Waals surface area contributed by atoms with Crippen molar-refractivity contribution in [1.82, 2.24) is 0 Å². The van der Waals surface area contributed by atoms with Gasteiger partial charge >= 0.3 is 0 Å². The van der Waals surface area contributed by atoms with Crippen LogP contribution in [0.4, 0.5) is 0 Å². The smallest absolute Gasteiger partial charge is 0.206 e. The van der Waals surface area contributed by atoms with Crippen molar-refractivity contribution in [3.05, 3.63) is 109 Å². The van der Waals surface area contributed by atoms with Crippen molar-refractivity contribution < 1.29 is 36.5 Å². The first-order valence-electron chi connectivity index (χ1n) is 11.4. The van der Waals surface area contributed by atoms with Crippen molar-refractivity contribution in [1.29, 1.82) is 0 Å². The number of rotatable bonds is 10. The average Bonchev–Trinajstić information content (AvgIpc) is 2.92. The molecule has 10 heteroatoms. The maximum absolute atomic E-state index is 12.7. The summed E-state index contributed by atoms with van der Waals surface area (Å²) in [5.74, 6) is 0.958. The fourth-order valence-electron chi connectivity index (χ4n) is 3.38. The number of aromatic hydroxyl groups is 2. The SMILES string of the molecule is O=S(=O)(c1ccc(O)cc1)c1ccc(OCC=CCOc2ccc(S(=O)(=O)c3ccc(O)cc3)cc2)cc1. The van der Waals surface area contributed by atoms with Gasteiger partial charge in [-0.1, -0.05) is 0 Å². The van der Waals surface area contributed by atoms with Crippen molar-refractivity contribution in [3.8, 4) is 23.0 Å². The van der Waals surface area contributed by atoms with Crippen LogP contribution in [-0.2, 0) is 19.7 Å². The lowest BCUT2D eigenvalue weighted by Crippen LogP contribution is -2.02. The highest BCUT2D eigenvalue weighted by molar-refractivity contribution is 7.91. The van der Waals surface area contributed by atoms with Gasteiger partial charge in [0.15, 0.2) is 0 Å². The third kappa shape index (κ3) is 6.34. The highest BCUT2D eigenvalue weighted by Gasteiger charge is 2.18. The van der Waals surface area contributed by atoms with E-state index in [2.05, 4.69) is 0 Å². The number of phenolic OH excluding ortho intramolecular Hbond substituents is 2. The van der Waals surface area contributed by atoms with Crippen LogP contribution >= 0.6 is 0 Å². The Kier molecular flexibility index (Phi) is 8.04. The van der Waals surface area contributed by atoms with Crippen LogP contribution in [0.5, 0.6) is 23.0 Å². The van der Waals surface area contributed by atoms with E-state index in [0.717, 1.165) is 0 Å². The number of ether oxygens (including phenoxy) is 2. The molecular weight excluding hydrogens is 528 g/mol. The molecule has 0 radical (unpaired) electrons. The Hall–Kier alpha value is -4.28. The van der Waals surface area contributed by atoms with Crippen LogP contribution in [0.2, 0.25) is 0 Å². The van der Waals surface area contributed by atoms with E-state index in [4.69, 9.17) is 9.47 Å². The summed E-state index contributed by atoms with van der Waals surface area (Å²) in [7, 11) is -7.40. The van der Waals surface area contributed by atoms with Crippen molar-refractivity contribution in [3.63, 3.8) is 0 Å². The number of sulfone groups is 2. The van der Waals surface area contributed by atoms with Crippen LogP contribution in [0, 0.1) is 0 Å². The first-order chi connectivity index (χ1) is 18.2. The molecular formula is C28H24O8S2. The zero-order valence-electron chi connectivity index (χ0n) is 20.0. The minimum Gasteiger partial charge on any atom is -0.508 e. The zero-order chi connectivity index (χ0) is 27.2. The van der Waals surface area contributed by atoms with Crippen LogP contribution in [0.1, 0.15) is 0 Å². The number of hydrogen-bond acceptors (Lipinski definition) is 8. The van der Waals surface area contributed by atoms with E-state index in [1.54, 1.807) is 36.4 Å². The van der Waals surface area contributed by atoms with Gasteiger partial charge in [-0.05, 0) is 109 Å². The highest BCUT2D eigenvalue weighted by atomic mass is 32.2. The van der Waals surface area contributed by atoms with Crippen molar-refractivity contribution in [2.24, 2.45) is 0 Å². The lowest BCUT2D eigenvalue weighted by Gasteiger charge is -2.08. The van der Waals surface area contributed by atoms with Gasteiger partial charge < -0.3 is 19.7 Å². The molecule has 0 saturated heterocycles. The van der Waals surface area contributed by atoms with E-state index in [1.807, 2.05) is 0 Å². The monoisotopic (exact) mass is 552 g/mol. The summed E-state index contributed by atoms with van der Waals surface area (Å²) < 4.78 is 61.8. The molecule has 2 N–H and O–H groups in total. The molecule has 8 nitrogen and oxygen atoms in total. The van der Waals surface area contributed by atoms with Crippen LogP contribution in [-0.4, -0.2) is 40.3 Å². The molecule has 196 valence electrons. The minimum atomic E-state index is -3.70. The molecule has 0 aliphatic carbocycles. The summed E-state index contributed by atoms with van der Waals surface area (Å²) >= 11 is 0. The third-order valence-electron chi connectivity index (χ3n) is 5.42. The minimum absolute atomic E-state index is 0.0125. The molecule has 0 bridgehead atoms. The molecule has 0 saturated carbocycles. The molecule has 0 spiro atoms. The molecule has 0 unspecified atom stereocenters.